The van der Waals surface area contributed by atoms with Crippen molar-refractivity contribution < 1.29 is 9.53 Å². The van der Waals surface area contributed by atoms with Crippen molar-refractivity contribution in [1.29, 1.82) is 5.26 Å². The number of piperidine rings is 1. The van der Waals surface area contributed by atoms with E-state index in [2.05, 4.69) is 9.97 Å². The molecule has 0 bridgehead atoms. The van der Waals surface area contributed by atoms with Gasteiger partial charge in [0.2, 0.25) is 5.95 Å². The van der Waals surface area contributed by atoms with Crippen molar-refractivity contribution in [2.75, 3.05) is 24.6 Å². The summed E-state index contributed by atoms with van der Waals surface area (Å²) < 4.78 is 8.96. The van der Waals surface area contributed by atoms with Crippen molar-refractivity contribution in [2.24, 2.45) is 5.73 Å². The van der Waals surface area contributed by atoms with Crippen LogP contribution in [0.25, 0.3) is 11.2 Å². The van der Waals surface area contributed by atoms with Gasteiger partial charge < -0.3 is 19.9 Å². The van der Waals surface area contributed by atoms with Crippen molar-refractivity contribution in [1.82, 2.24) is 23.7 Å². The first-order chi connectivity index (χ1) is 16.9. The smallest absolute Gasteiger partial charge is 0.333 e. The minimum Gasteiger partial charge on any atom is -0.465 e. The van der Waals surface area contributed by atoms with Gasteiger partial charge in [0, 0.05) is 31.9 Å². The summed E-state index contributed by atoms with van der Waals surface area (Å²) in [5.41, 5.74) is 5.72. The standard InChI is InChI=1S/C23H28N8O4/c1-3-29-19-20(27-22(29)28-10-6-8-16(25)12-28)30(14-18(32)35-4-2)23(34)31(21(19)33)13-17-15(11-24)7-5-9-26-17/h5,7,9,16H,3-4,6,8,10,12-14,25H2,1-2H3. The Morgan fingerprint density at radius 1 is 1.29 bits per heavy atom. The highest BCUT2D eigenvalue weighted by Crippen LogP contribution is 2.23. The van der Waals surface area contributed by atoms with E-state index in [-0.39, 0.29) is 41.6 Å². The molecule has 3 aromatic heterocycles. The molecule has 12 heteroatoms. The van der Waals surface area contributed by atoms with Crippen LogP contribution >= 0.6 is 0 Å². The molecule has 3 aromatic rings. The molecule has 1 atom stereocenters. The largest absolute Gasteiger partial charge is 0.465 e. The Bertz CT molecular complexity index is 1410. The summed E-state index contributed by atoms with van der Waals surface area (Å²) in [6.45, 7) is 4.77. The number of anilines is 1. The zero-order chi connectivity index (χ0) is 25.1. The lowest BCUT2D eigenvalue weighted by molar-refractivity contribution is -0.143. The van der Waals surface area contributed by atoms with Crippen molar-refractivity contribution >= 4 is 23.1 Å². The van der Waals surface area contributed by atoms with E-state index in [4.69, 9.17) is 10.5 Å². The quantitative estimate of drug-likeness (QED) is 0.467. The number of pyridine rings is 1. The first-order valence-corrected chi connectivity index (χ1v) is 11.6. The van der Waals surface area contributed by atoms with Crippen molar-refractivity contribution in [3.63, 3.8) is 0 Å². The SMILES string of the molecule is CCOC(=O)Cn1c(=O)n(Cc2ncccc2C#N)c(=O)c2c1nc(N1CCCC(N)C1)n2CC. The summed E-state index contributed by atoms with van der Waals surface area (Å²) in [4.78, 5) is 50.4. The van der Waals surface area contributed by atoms with E-state index in [9.17, 15) is 19.6 Å². The first-order valence-electron chi connectivity index (χ1n) is 11.6. The van der Waals surface area contributed by atoms with E-state index < -0.39 is 23.8 Å². The van der Waals surface area contributed by atoms with Gasteiger partial charge in [-0.1, -0.05) is 0 Å². The average molecular weight is 481 g/mol. The summed E-state index contributed by atoms with van der Waals surface area (Å²) in [7, 11) is 0. The number of nitrogens with zero attached hydrogens (tertiary/aromatic N) is 7. The lowest BCUT2D eigenvalue weighted by Crippen LogP contribution is -2.44. The number of imidazole rings is 1. The summed E-state index contributed by atoms with van der Waals surface area (Å²) in [6.07, 6.45) is 3.27. The number of esters is 1. The molecular weight excluding hydrogens is 452 g/mol. The minimum absolute atomic E-state index is 0.0270. The van der Waals surface area contributed by atoms with Crippen molar-refractivity contribution in [2.45, 2.75) is 52.4 Å². The number of aryl methyl sites for hydroxylation is 1. The molecule has 0 amide bonds. The molecule has 0 aromatic carbocycles. The number of hydrogen-bond donors (Lipinski definition) is 1. The molecule has 1 unspecified atom stereocenters. The van der Waals surface area contributed by atoms with Crippen LogP contribution in [0, 0.1) is 11.3 Å². The van der Waals surface area contributed by atoms with Gasteiger partial charge >= 0.3 is 11.7 Å². The van der Waals surface area contributed by atoms with Crippen molar-refractivity contribution in [3.8, 4) is 6.07 Å². The number of carbonyl (C=O) groups is 1. The lowest BCUT2D eigenvalue weighted by Gasteiger charge is -2.31. The van der Waals surface area contributed by atoms with Gasteiger partial charge in [0.05, 0.1) is 24.4 Å². The Morgan fingerprint density at radius 3 is 2.77 bits per heavy atom. The molecule has 0 radical (unpaired) electrons. The van der Waals surface area contributed by atoms with Gasteiger partial charge in [0.15, 0.2) is 11.2 Å². The van der Waals surface area contributed by atoms with Gasteiger partial charge in [0.25, 0.3) is 5.56 Å². The van der Waals surface area contributed by atoms with E-state index in [1.54, 1.807) is 23.6 Å². The normalized spacial score (nSPS) is 15.8. The molecule has 184 valence electrons. The minimum atomic E-state index is -0.729. The molecule has 1 saturated heterocycles. The van der Waals surface area contributed by atoms with Gasteiger partial charge in [-0.15, -0.1) is 0 Å². The molecule has 1 aliphatic rings. The van der Waals surface area contributed by atoms with E-state index in [0.29, 0.717) is 25.6 Å². The molecule has 0 spiro atoms. The predicted molar refractivity (Wildman–Crippen MR) is 128 cm³/mol. The van der Waals surface area contributed by atoms with Gasteiger partial charge in [0.1, 0.15) is 12.6 Å². The Morgan fingerprint density at radius 2 is 2.09 bits per heavy atom. The third-order valence-electron chi connectivity index (χ3n) is 6.06. The van der Waals surface area contributed by atoms with Crippen LogP contribution in [0.1, 0.15) is 37.9 Å². The highest BCUT2D eigenvalue weighted by molar-refractivity contribution is 5.77. The van der Waals surface area contributed by atoms with Crippen LogP contribution < -0.4 is 21.9 Å². The van der Waals surface area contributed by atoms with Crippen LogP contribution in [0.15, 0.2) is 27.9 Å². The van der Waals surface area contributed by atoms with E-state index in [1.807, 2.05) is 17.9 Å². The van der Waals surface area contributed by atoms with Crippen LogP contribution in [0.5, 0.6) is 0 Å². The molecule has 0 aliphatic carbocycles. The van der Waals surface area contributed by atoms with Gasteiger partial charge in [-0.3, -0.25) is 23.7 Å². The Kier molecular flexibility index (Phi) is 6.97. The lowest BCUT2D eigenvalue weighted by atomic mass is 10.1. The molecular formula is C23H28N8O4. The molecule has 1 aliphatic heterocycles. The third kappa shape index (κ3) is 4.54. The topological polar surface area (TPSA) is 154 Å². The molecule has 2 N–H and O–H groups in total. The van der Waals surface area contributed by atoms with E-state index in [1.165, 1.54) is 6.20 Å². The van der Waals surface area contributed by atoms with Gasteiger partial charge in [-0.05, 0) is 38.8 Å². The van der Waals surface area contributed by atoms with E-state index >= 15 is 0 Å². The zero-order valence-electron chi connectivity index (χ0n) is 19.8. The average Bonchev–Trinajstić information content (AvgIpc) is 3.24. The molecule has 12 nitrogen and oxygen atoms in total. The molecule has 4 heterocycles. The fourth-order valence-corrected chi connectivity index (χ4v) is 4.44. The monoisotopic (exact) mass is 480 g/mol. The summed E-state index contributed by atoms with van der Waals surface area (Å²) in [6, 6.07) is 5.18. The molecule has 35 heavy (non-hydrogen) atoms. The molecule has 4 rings (SSSR count). The fourth-order valence-electron chi connectivity index (χ4n) is 4.44. The second-order valence-electron chi connectivity index (χ2n) is 8.35. The number of nitriles is 1. The predicted octanol–water partition coefficient (Wildman–Crippen LogP) is 0.185. The number of hydrogen-bond acceptors (Lipinski definition) is 9. The maximum atomic E-state index is 13.7. The highest BCUT2D eigenvalue weighted by atomic mass is 16.5. The van der Waals surface area contributed by atoms with Gasteiger partial charge in [-0.2, -0.15) is 10.2 Å². The van der Waals surface area contributed by atoms with Crippen LogP contribution in [0.3, 0.4) is 0 Å². The van der Waals surface area contributed by atoms with E-state index in [0.717, 1.165) is 22.0 Å². The number of aromatic nitrogens is 5. The van der Waals surface area contributed by atoms with Crippen LogP contribution in [0.2, 0.25) is 0 Å². The summed E-state index contributed by atoms with van der Waals surface area (Å²) in [5, 5.41) is 9.44. The van der Waals surface area contributed by atoms with Crippen LogP contribution in [-0.2, 0) is 29.2 Å². The maximum Gasteiger partial charge on any atom is 0.333 e. The first kappa shape index (κ1) is 24.2. The number of rotatable bonds is 7. The summed E-state index contributed by atoms with van der Waals surface area (Å²) >= 11 is 0. The fraction of sp³-hybridized carbons (Fsp3) is 0.478. The second kappa shape index (κ2) is 10.1. The molecule has 1 fully saturated rings. The Balaban J connectivity index is 1.96. The highest BCUT2D eigenvalue weighted by Gasteiger charge is 2.27. The summed E-state index contributed by atoms with van der Waals surface area (Å²) in [5.74, 6) is -0.0932. The van der Waals surface area contributed by atoms with Crippen LogP contribution in [0.4, 0.5) is 5.95 Å². The molecule has 0 saturated carbocycles. The third-order valence-corrected chi connectivity index (χ3v) is 6.06. The van der Waals surface area contributed by atoms with Crippen molar-refractivity contribution in [3.05, 3.63) is 50.4 Å². The number of fused-ring (bicyclic) bond motifs is 1. The number of carbonyl (C=O) groups excluding carboxylic acids is 1. The van der Waals surface area contributed by atoms with Gasteiger partial charge in [-0.25, -0.2) is 4.79 Å². The maximum absolute atomic E-state index is 13.7. The Labute approximate surface area is 201 Å². The second-order valence-corrected chi connectivity index (χ2v) is 8.35. The van der Waals surface area contributed by atoms with Crippen LogP contribution in [-0.4, -0.2) is 55.4 Å². The Hall–Kier alpha value is -3.98. The number of ether oxygens (including phenoxy) is 1. The zero-order valence-corrected chi connectivity index (χ0v) is 19.8. The number of nitrogens with two attached hydrogens (primary N) is 1.